The number of alkyl carbamates (subject to hydrolysis) is 1. The van der Waals surface area contributed by atoms with Crippen molar-refractivity contribution in [2.24, 2.45) is 0 Å². The summed E-state index contributed by atoms with van der Waals surface area (Å²) in [6, 6.07) is 9.51. The predicted molar refractivity (Wildman–Crippen MR) is 193 cm³/mol. The monoisotopic (exact) mass is 751 g/mol. The van der Waals surface area contributed by atoms with Gasteiger partial charge in [-0.25, -0.2) is 4.79 Å². The Morgan fingerprint density at radius 1 is 0.451 bits per heavy atom. The van der Waals surface area contributed by atoms with Gasteiger partial charge in [-0.2, -0.15) is 0 Å². The molecule has 1 rings (SSSR count). The van der Waals surface area contributed by atoms with Crippen LogP contribution in [0.4, 0.5) is 4.79 Å². The number of hydrogen-bond donors (Lipinski definition) is 1. The summed E-state index contributed by atoms with van der Waals surface area (Å²) in [5.41, 5.74) is 0.937. The first-order valence-electron chi connectivity index (χ1n) is 17.9. The lowest BCUT2D eigenvalue weighted by Crippen LogP contribution is -2.28. The van der Waals surface area contributed by atoms with Crippen molar-refractivity contribution in [1.82, 2.24) is 5.32 Å². The summed E-state index contributed by atoms with van der Waals surface area (Å²) in [5.74, 6) is 0. The Morgan fingerprint density at radius 3 is 1.06 bits per heavy atom. The summed E-state index contributed by atoms with van der Waals surface area (Å²) in [5, 5.41) is 2.64. The minimum absolute atomic E-state index is 0.237. The Kier molecular flexibility index (Phi) is 33.9. The third kappa shape index (κ3) is 37.8. The van der Waals surface area contributed by atoms with Gasteiger partial charge in [0.1, 0.15) is 6.61 Å². The average Bonchev–Trinajstić information content (AvgIpc) is 3.12. The van der Waals surface area contributed by atoms with Crippen molar-refractivity contribution in [3.63, 3.8) is 0 Å². The van der Waals surface area contributed by atoms with Crippen molar-refractivity contribution in [3.8, 4) is 0 Å². The number of ether oxygens (including phenoxy) is 12. The molecule has 0 bridgehead atoms. The third-order valence-corrected chi connectivity index (χ3v) is 7.28. The molecule has 0 fully saturated rings. The first kappa shape index (κ1) is 47.2. The van der Waals surface area contributed by atoms with Gasteiger partial charge in [0.05, 0.1) is 152 Å². The largest absolute Gasteiger partial charge is 0.445 e. The fourth-order valence-electron chi connectivity index (χ4n) is 3.71. The molecule has 15 nitrogen and oxygen atoms in total. The number of rotatable bonds is 39. The van der Waals surface area contributed by atoms with E-state index in [0.717, 1.165) is 5.56 Å². The smallest absolute Gasteiger partial charge is 0.407 e. The number of nitrogens with one attached hydrogen (secondary N) is 1. The van der Waals surface area contributed by atoms with Gasteiger partial charge in [-0.3, -0.25) is 0 Å². The summed E-state index contributed by atoms with van der Waals surface area (Å²) >= 11 is 0. The van der Waals surface area contributed by atoms with Crippen LogP contribution in [0.25, 0.3) is 0 Å². The van der Waals surface area contributed by atoms with Crippen LogP contribution in [-0.4, -0.2) is 173 Å². The maximum absolute atomic E-state index is 11.6. The van der Waals surface area contributed by atoms with E-state index in [1.807, 2.05) is 30.3 Å². The lowest BCUT2D eigenvalue weighted by Gasteiger charge is -2.16. The van der Waals surface area contributed by atoms with Gasteiger partial charge in [-0.05, 0) is 25.2 Å². The van der Waals surface area contributed by atoms with E-state index >= 15 is 0 Å². The van der Waals surface area contributed by atoms with E-state index in [9.17, 15) is 4.79 Å². The van der Waals surface area contributed by atoms with Crippen LogP contribution in [-0.2, 0) is 67.9 Å². The van der Waals surface area contributed by atoms with Gasteiger partial charge in [0.2, 0.25) is 0 Å². The summed E-state index contributed by atoms with van der Waals surface area (Å²) in [6.07, 6.45) is -0.469. The fourth-order valence-corrected chi connectivity index (χ4v) is 4.40. The number of benzene rings is 1. The highest BCUT2D eigenvalue weighted by Crippen LogP contribution is 2.02. The average molecular weight is 752 g/mol. The maximum atomic E-state index is 11.6. The molecule has 0 aliphatic rings. The predicted octanol–water partition coefficient (Wildman–Crippen LogP) is 2.95. The van der Waals surface area contributed by atoms with Gasteiger partial charge in [-0.1, -0.05) is 30.3 Å². The van der Waals surface area contributed by atoms with E-state index in [4.69, 9.17) is 61.3 Å². The number of carbonyl (C=O) groups is 1. The van der Waals surface area contributed by atoms with Gasteiger partial charge < -0.3 is 66.6 Å². The number of hydrogen-bond acceptors (Lipinski definition) is 14. The van der Waals surface area contributed by atoms with E-state index in [0.29, 0.717) is 159 Å². The lowest BCUT2D eigenvalue weighted by molar-refractivity contribution is -0.0277. The van der Waals surface area contributed by atoms with E-state index in [1.54, 1.807) is 0 Å². The molecule has 0 radical (unpaired) electrons. The summed E-state index contributed by atoms with van der Waals surface area (Å²) < 4.78 is 71.0. The molecule has 0 saturated heterocycles. The van der Waals surface area contributed by atoms with Gasteiger partial charge >= 0.3 is 6.09 Å². The van der Waals surface area contributed by atoms with Crippen LogP contribution in [0.2, 0.25) is 19.6 Å². The quantitative estimate of drug-likeness (QED) is 0.0776. The zero-order valence-corrected chi connectivity index (χ0v) is 32.3. The van der Waals surface area contributed by atoms with Crippen molar-refractivity contribution in [2.75, 3.05) is 159 Å². The van der Waals surface area contributed by atoms with Gasteiger partial charge in [0.25, 0.3) is 0 Å². The van der Waals surface area contributed by atoms with Crippen molar-refractivity contribution >= 4 is 14.4 Å². The molecule has 1 N–H and O–H groups in total. The molecular formula is C35H65NO14Si. The molecule has 298 valence electrons. The molecule has 1 amide bonds. The van der Waals surface area contributed by atoms with Gasteiger partial charge in [0.15, 0.2) is 8.32 Å². The molecule has 0 spiro atoms. The van der Waals surface area contributed by atoms with Gasteiger partial charge in [0, 0.05) is 6.54 Å². The molecule has 1 aromatic rings. The topological polar surface area (TPSA) is 149 Å². The van der Waals surface area contributed by atoms with E-state index in [1.165, 1.54) is 0 Å². The van der Waals surface area contributed by atoms with Crippen LogP contribution >= 0.6 is 0 Å². The Labute approximate surface area is 306 Å². The minimum Gasteiger partial charge on any atom is -0.445 e. The molecule has 0 aliphatic heterocycles. The van der Waals surface area contributed by atoms with Crippen LogP contribution in [0, 0.1) is 0 Å². The Bertz CT molecular complexity index is 869. The Hall–Kier alpha value is -1.77. The summed E-state index contributed by atoms with van der Waals surface area (Å²) in [4.78, 5) is 11.6. The molecule has 51 heavy (non-hydrogen) atoms. The highest BCUT2D eigenvalue weighted by Gasteiger charge is 2.13. The Balaban J connectivity index is 1.63. The van der Waals surface area contributed by atoms with Crippen LogP contribution in [0.1, 0.15) is 5.56 Å². The molecule has 0 saturated carbocycles. The van der Waals surface area contributed by atoms with E-state index in [2.05, 4.69) is 25.0 Å². The van der Waals surface area contributed by atoms with Crippen molar-refractivity contribution in [3.05, 3.63) is 35.9 Å². The molecule has 0 aliphatic carbocycles. The highest BCUT2D eigenvalue weighted by atomic mass is 28.4. The Morgan fingerprint density at radius 2 is 0.745 bits per heavy atom. The molecular weight excluding hydrogens is 686 g/mol. The van der Waals surface area contributed by atoms with Crippen LogP contribution in [0.5, 0.6) is 0 Å². The molecule has 0 aromatic heterocycles. The lowest BCUT2D eigenvalue weighted by atomic mass is 10.2. The minimum atomic E-state index is -1.46. The molecule has 0 unspecified atom stereocenters. The summed E-state index contributed by atoms with van der Waals surface area (Å²) in [6.45, 7) is 18.7. The van der Waals surface area contributed by atoms with E-state index < -0.39 is 14.4 Å². The normalized spacial score (nSPS) is 11.7. The second-order valence-electron chi connectivity index (χ2n) is 11.7. The first-order valence-corrected chi connectivity index (χ1v) is 21.3. The van der Waals surface area contributed by atoms with Crippen molar-refractivity contribution in [1.29, 1.82) is 0 Å². The highest BCUT2D eigenvalue weighted by molar-refractivity contribution is 6.69. The zero-order valence-electron chi connectivity index (χ0n) is 31.3. The maximum Gasteiger partial charge on any atom is 0.407 e. The van der Waals surface area contributed by atoms with Crippen molar-refractivity contribution < 1.29 is 66.1 Å². The molecule has 0 atom stereocenters. The molecule has 1 aromatic carbocycles. The fraction of sp³-hybridized carbons (Fsp3) is 0.800. The second kappa shape index (κ2) is 36.6. The first-order chi connectivity index (χ1) is 25.0. The molecule has 16 heteroatoms. The summed E-state index contributed by atoms with van der Waals surface area (Å²) in [7, 11) is -1.46. The SMILES string of the molecule is C[Si](C)(C)OCCOCCOCCOCCOCCOCCOCCOCCOCCOCCOCCOCCNC(=O)OCc1ccccc1. The zero-order chi connectivity index (χ0) is 36.8. The van der Waals surface area contributed by atoms with Crippen LogP contribution in [0.15, 0.2) is 30.3 Å². The second-order valence-corrected chi connectivity index (χ2v) is 16.2. The number of carbonyl (C=O) groups excluding carboxylic acids is 1. The van der Waals surface area contributed by atoms with Crippen LogP contribution < -0.4 is 5.32 Å². The van der Waals surface area contributed by atoms with E-state index in [-0.39, 0.29) is 6.61 Å². The third-order valence-electron chi connectivity index (χ3n) is 6.21. The van der Waals surface area contributed by atoms with Gasteiger partial charge in [-0.15, -0.1) is 0 Å². The standard InChI is InChI=1S/C35H65NO14Si/c1-51(2,3)50-32-31-48-30-29-47-28-27-46-26-25-45-24-23-44-22-21-43-20-19-42-18-17-41-16-15-40-14-13-39-12-11-38-10-9-36-35(37)49-33-34-7-5-4-6-8-34/h4-8H,9-33H2,1-3H3,(H,36,37). The van der Waals surface area contributed by atoms with Crippen molar-refractivity contribution in [2.45, 2.75) is 26.2 Å². The molecule has 0 heterocycles. The van der Waals surface area contributed by atoms with Crippen LogP contribution in [0.3, 0.4) is 0 Å². The number of amides is 1.